The van der Waals surface area contributed by atoms with Crippen LogP contribution in [-0.4, -0.2) is 13.0 Å². The Morgan fingerprint density at radius 3 is 2.96 bits per heavy atom. The topological polar surface area (TPSA) is 62.1 Å². The molecule has 1 unspecified atom stereocenters. The highest BCUT2D eigenvalue weighted by molar-refractivity contribution is 7.16. The molecule has 1 aliphatic carbocycles. The predicted molar refractivity (Wildman–Crippen MR) is 100 cm³/mol. The molecule has 0 saturated carbocycles. The molecule has 1 aliphatic rings. The zero-order valence-corrected chi connectivity index (χ0v) is 15.4. The first-order chi connectivity index (χ1) is 12.2. The molecular formula is C20H22N2O2S. The Balaban J connectivity index is 1.86. The van der Waals surface area contributed by atoms with Crippen molar-refractivity contribution in [3.8, 4) is 11.8 Å². The molecule has 2 aromatic rings. The number of methoxy groups -OCH3 is 1. The zero-order valence-electron chi connectivity index (χ0n) is 14.6. The van der Waals surface area contributed by atoms with Crippen LogP contribution in [0, 0.1) is 17.2 Å². The van der Waals surface area contributed by atoms with Crippen molar-refractivity contribution >= 4 is 22.2 Å². The smallest absolute Gasteiger partial charge is 0.260 e. The van der Waals surface area contributed by atoms with Gasteiger partial charge in [-0.1, -0.05) is 31.9 Å². The number of para-hydroxylation sites is 1. The average Bonchev–Trinajstić information content (AvgIpc) is 2.98. The van der Waals surface area contributed by atoms with E-state index in [1.807, 2.05) is 6.07 Å². The van der Waals surface area contributed by atoms with Gasteiger partial charge in [-0.05, 0) is 42.9 Å². The molecule has 1 N–H and O–H groups in total. The van der Waals surface area contributed by atoms with Gasteiger partial charge < -0.3 is 10.1 Å². The fraction of sp³-hybridized carbons (Fsp3) is 0.400. The number of nitrogens with zero attached hydrogens (tertiary/aromatic N) is 1. The third-order valence-corrected chi connectivity index (χ3v) is 5.92. The highest BCUT2D eigenvalue weighted by atomic mass is 32.1. The van der Waals surface area contributed by atoms with Crippen LogP contribution in [0.5, 0.6) is 5.75 Å². The number of amides is 1. The van der Waals surface area contributed by atoms with Crippen molar-refractivity contribution in [2.75, 3.05) is 12.4 Å². The monoisotopic (exact) mass is 354 g/mol. The van der Waals surface area contributed by atoms with Gasteiger partial charge in [0.1, 0.15) is 16.8 Å². The maximum absolute atomic E-state index is 12.6. The van der Waals surface area contributed by atoms with E-state index in [2.05, 4.69) is 18.3 Å². The normalized spacial score (nSPS) is 16.0. The SMILES string of the molecule is CCCC1CCc2c(sc(NC(=O)c3ccccc3OC)c2C#N)C1. The minimum Gasteiger partial charge on any atom is -0.496 e. The van der Waals surface area contributed by atoms with Gasteiger partial charge in [-0.3, -0.25) is 4.79 Å². The van der Waals surface area contributed by atoms with E-state index < -0.39 is 0 Å². The number of thiophene rings is 1. The Labute approximate surface area is 152 Å². The van der Waals surface area contributed by atoms with Crippen molar-refractivity contribution in [2.45, 2.75) is 39.0 Å². The van der Waals surface area contributed by atoms with Crippen LogP contribution in [0.15, 0.2) is 24.3 Å². The second kappa shape index (κ2) is 7.71. The van der Waals surface area contributed by atoms with Gasteiger partial charge in [0.2, 0.25) is 0 Å². The highest BCUT2D eigenvalue weighted by Crippen LogP contribution is 2.40. The van der Waals surface area contributed by atoms with Crippen LogP contribution >= 0.6 is 11.3 Å². The molecule has 1 amide bonds. The number of carbonyl (C=O) groups excluding carboxylic acids is 1. The lowest BCUT2D eigenvalue weighted by Crippen LogP contribution is -2.13. The summed E-state index contributed by atoms with van der Waals surface area (Å²) in [4.78, 5) is 13.9. The summed E-state index contributed by atoms with van der Waals surface area (Å²) in [5.74, 6) is 0.987. The molecule has 1 aromatic carbocycles. The number of anilines is 1. The number of hydrogen-bond donors (Lipinski definition) is 1. The van der Waals surface area contributed by atoms with Crippen molar-refractivity contribution in [2.24, 2.45) is 5.92 Å². The van der Waals surface area contributed by atoms with Crippen LogP contribution < -0.4 is 10.1 Å². The summed E-state index contributed by atoms with van der Waals surface area (Å²) in [5.41, 5.74) is 2.25. The first-order valence-electron chi connectivity index (χ1n) is 8.66. The molecule has 3 rings (SSSR count). The van der Waals surface area contributed by atoms with Crippen molar-refractivity contribution in [1.82, 2.24) is 0 Å². The highest BCUT2D eigenvalue weighted by Gasteiger charge is 2.26. The van der Waals surface area contributed by atoms with Crippen molar-refractivity contribution in [3.05, 3.63) is 45.8 Å². The third kappa shape index (κ3) is 3.54. The lowest BCUT2D eigenvalue weighted by Gasteiger charge is -2.21. The Bertz CT molecular complexity index is 820. The van der Waals surface area contributed by atoms with Crippen LogP contribution in [0.25, 0.3) is 0 Å². The first-order valence-corrected chi connectivity index (χ1v) is 9.48. The molecule has 0 aliphatic heterocycles. The molecule has 0 spiro atoms. The van der Waals surface area contributed by atoms with Gasteiger partial charge >= 0.3 is 0 Å². The Morgan fingerprint density at radius 1 is 1.44 bits per heavy atom. The summed E-state index contributed by atoms with van der Waals surface area (Å²) in [6.07, 6.45) is 5.50. The minimum atomic E-state index is -0.238. The number of ether oxygens (including phenoxy) is 1. The van der Waals surface area contributed by atoms with E-state index in [9.17, 15) is 10.1 Å². The van der Waals surface area contributed by atoms with E-state index >= 15 is 0 Å². The second-order valence-electron chi connectivity index (χ2n) is 6.37. The van der Waals surface area contributed by atoms with Crippen molar-refractivity contribution in [3.63, 3.8) is 0 Å². The molecule has 4 nitrogen and oxygen atoms in total. The molecular weight excluding hydrogens is 332 g/mol. The van der Waals surface area contributed by atoms with Gasteiger partial charge in [0.25, 0.3) is 5.91 Å². The van der Waals surface area contributed by atoms with Gasteiger partial charge in [0.05, 0.1) is 18.2 Å². The summed E-state index contributed by atoms with van der Waals surface area (Å²) >= 11 is 1.56. The quantitative estimate of drug-likeness (QED) is 0.840. The number of fused-ring (bicyclic) bond motifs is 1. The average molecular weight is 354 g/mol. The zero-order chi connectivity index (χ0) is 17.8. The largest absolute Gasteiger partial charge is 0.496 e. The second-order valence-corrected chi connectivity index (χ2v) is 7.48. The van der Waals surface area contributed by atoms with E-state index in [0.29, 0.717) is 27.8 Å². The van der Waals surface area contributed by atoms with E-state index in [-0.39, 0.29) is 5.91 Å². The van der Waals surface area contributed by atoms with Gasteiger partial charge in [0.15, 0.2) is 0 Å². The molecule has 1 aromatic heterocycles. The van der Waals surface area contributed by atoms with Gasteiger partial charge in [-0.25, -0.2) is 0 Å². The summed E-state index contributed by atoms with van der Waals surface area (Å²) in [5, 5.41) is 13.2. The van der Waals surface area contributed by atoms with E-state index in [1.54, 1.807) is 36.6 Å². The van der Waals surface area contributed by atoms with Gasteiger partial charge in [-0.2, -0.15) is 5.26 Å². The fourth-order valence-electron chi connectivity index (χ4n) is 3.52. The van der Waals surface area contributed by atoms with E-state index in [4.69, 9.17) is 4.74 Å². The maximum Gasteiger partial charge on any atom is 0.260 e. The number of carbonyl (C=O) groups is 1. The van der Waals surface area contributed by atoms with E-state index in [1.165, 1.54) is 17.7 Å². The van der Waals surface area contributed by atoms with Crippen LogP contribution in [0.3, 0.4) is 0 Å². The van der Waals surface area contributed by atoms with Crippen molar-refractivity contribution < 1.29 is 9.53 Å². The Hall–Kier alpha value is -2.32. The first kappa shape index (κ1) is 17.5. The number of nitrogens with one attached hydrogen (secondary N) is 1. The lowest BCUT2D eigenvalue weighted by molar-refractivity contribution is 0.102. The molecule has 25 heavy (non-hydrogen) atoms. The molecule has 0 saturated heterocycles. The molecule has 0 fully saturated rings. The van der Waals surface area contributed by atoms with Gasteiger partial charge in [-0.15, -0.1) is 11.3 Å². The molecule has 0 radical (unpaired) electrons. The number of hydrogen-bond acceptors (Lipinski definition) is 4. The predicted octanol–water partition coefficient (Wildman–Crippen LogP) is 4.79. The Morgan fingerprint density at radius 2 is 2.24 bits per heavy atom. The summed E-state index contributed by atoms with van der Waals surface area (Å²) < 4.78 is 5.26. The fourth-order valence-corrected chi connectivity index (χ4v) is 4.83. The third-order valence-electron chi connectivity index (χ3n) is 4.75. The number of rotatable bonds is 5. The molecule has 130 valence electrons. The standard InChI is InChI=1S/C20H22N2O2S/c1-3-6-13-9-10-14-16(12-21)20(25-18(14)11-13)22-19(23)15-7-4-5-8-17(15)24-2/h4-5,7-8,13H,3,6,9-11H2,1-2H3,(H,22,23). The lowest BCUT2D eigenvalue weighted by atomic mass is 9.85. The Kier molecular flexibility index (Phi) is 5.40. The summed E-state index contributed by atoms with van der Waals surface area (Å²) in [7, 11) is 1.55. The van der Waals surface area contributed by atoms with Crippen LogP contribution in [0.4, 0.5) is 5.00 Å². The molecule has 1 atom stereocenters. The number of benzene rings is 1. The summed E-state index contributed by atoms with van der Waals surface area (Å²) in [6, 6.07) is 9.42. The van der Waals surface area contributed by atoms with Crippen LogP contribution in [0.2, 0.25) is 0 Å². The molecule has 1 heterocycles. The van der Waals surface area contributed by atoms with Crippen LogP contribution in [-0.2, 0) is 12.8 Å². The minimum absolute atomic E-state index is 0.238. The molecule has 0 bridgehead atoms. The van der Waals surface area contributed by atoms with E-state index in [0.717, 1.165) is 24.8 Å². The maximum atomic E-state index is 12.6. The number of nitriles is 1. The van der Waals surface area contributed by atoms with Crippen molar-refractivity contribution in [1.29, 1.82) is 5.26 Å². The summed E-state index contributed by atoms with van der Waals surface area (Å²) in [6.45, 7) is 2.21. The molecule has 5 heteroatoms. The van der Waals surface area contributed by atoms with Crippen LogP contribution in [0.1, 0.15) is 52.5 Å². The van der Waals surface area contributed by atoms with Gasteiger partial charge in [0, 0.05) is 4.88 Å².